The Balaban J connectivity index is 0.000000209. The third kappa shape index (κ3) is 17.8. The molecule has 0 radical (unpaired) electrons. The average Bonchev–Trinajstić information content (AvgIpc) is 1.33. The average molecular weight is 1230 g/mol. The Bertz CT molecular complexity index is 3980. The summed E-state index contributed by atoms with van der Waals surface area (Å²) < 4.78 is 103. The van der Waals surface area contributed by atoms with Gasteiger partial charge in [-0.2, -0.15) is 0 Å². The molecule has 0 aliphatic heterocycles. The highest BCUT2D eigenvalue weighted by Gasteiger charge is 2.31. The van der Waals surface area contributed by atoms with E-state index in [2.05, 4.69) is 25.9 Å². The molecule has 8 aromatic rings. The molecular weight excluding hydrogens is 1160 g/mol. The van der Waals surface area contributed by atoms with E-state index in [1.54, 1.807) is 142 Å². The molecule has 452 valence electrons. The van der Waals surface area contributed by atoms with E-state index in [4.69, 9.17) is 18.9 Å². The van der Waals surface area contributed by atoms with Crippen LogP contribution >= 0.6 is 0 Å². The van der Waals surface area contributed by atoms with Crippen LogP contribution in [0.1, 0.15) is 27.8 Å². The standard InChI is InChI=1S/C23H25N3O5S.C22H23N3O4S.C17H20N2O4S/c1-16-7-9-19(30-3)12-21(16)26(15-23(27)25-18-6-5-11-24-14-18)32(28,29)20-10-8-17(2)22(13-20)31-4;1-16-6-10-20(11-7-16)30(27,28)25(21-13-19(29-3)9-8-17(21)2)15-22(26)24-18-5-4-12-23-14-18;1-13-9-10-16(23-2)15(11-13)19(24(3,21)22)12-17(20)18-14-7-5-4-6-8-14/h5-14H,15H2,1-4H3,(H,25,27);4-14H,15H2,1-3H3,(H,24,26);4-11H,12H2,1-3H3,(H,18,20). The molecule has 3 amide bonds. The van der Waals surface area contributed by atoms with Crippen molar-refractivity contribution < 1.29 is 58.6 Å². The van der Waals surface area contributed by atoms with Crippen LogP contribution < -0.4 is 47.8 Å². The van der Waals surface area contributed by atoms with Gasteiger partial charge < -0.3 is 34.9 Å². The molecule has 21 nitrogen and oxygen atoms in total. The number of para-hydroxylation sites is 1. The number of rotatable bonds is 21. The van der Waals surface area contributed by atoms with Gasteiger partial charge in [-0.1, -0.05) is 60.2 Å². The van der Waals surface area contributed by atoms with Gasteiger partial charge in [0.2, 0.25) is 27.7 Å². The zero-order valence-electron chi connectivity index (χ0n) is 49.1. The van der Waals surface area contributed by atoms with Gasteiger partial charge >= 0.3 is 0 Å². The second kappa shape index (κ2) is 29.8. The monoisotopic (exact) mass is 1230 g/mol. The van der Waals surface area contributed by atoms with Gasteiger partial charge in [0.05, 0.1) is 85.3 Å². The number of nitrogens with one attached hydrogen (secondary N) is 3. The number of benzene rings is 6. The molecule has 0 saturated carbocycles. The number of sulfonamides is 3. The van der Waals surface area contributed by atoms with Crippen LogP contribution in [0.15, 0.2) is 186 Å². The molecule has 0 atom stereocenters. The Morgan fingerprint density at radius 2 is 0.849 bits per heavy atom. The summed E-state index contributed by atoms with van der Waals surface area (Å²) in [7, 11) is -5.85. The van der Waals surface area contributed by atoms with Gasteiger partial charge in [-0.15, -0.1) is 0 Å². The maximum absolute atomic E-state index is 13.7. The second-order valence-electron chi connectivity index (χ2n) is 19.2. The van der Waals surface area contributed by atoms with E-state index in [9.17, 15) is 39.6 Å². The molecule has 0 aliphatic carbocycles. The SMILES string of the molecule is COc1ccc(C)c(N(CC(=O)Nc2cccnc2)S(=O)(=O)c2ccc(C)c(OC)c2)c1.COc1ccc(C)c(N(CC(=O)Nc2cccnc2)S(=O)(=O)c2ccc(C)cc2)c1.COc1ccc(C)cc1N(CC(=O)Nc1ccccc1)S(C)(=O)=O. The molecule has 0 spiro atoms. The molecule has 0 saturated heterocycles. The summed E-state index contributed by atoms with van der Waals surface area (Å²) in [6, 6.07) is 42.0. The second-order valence-corrected chi connectivity index (χ2v) is 24.8. The zero-order valence-corrected chi connectivity index (χ0v) is 51.6. The van der Waals surface area contributed by atoms with Crippen LogP contribution in [0.3, 0.4) is 0 Å². The van der Waals surface area contributed by atoms with Crippen LogP contribution in [0, 0.1) is 34.6 Å². The normalized spacial score (nSPS) is 11.0. The molecule has 6 aromatic carbocycles. The van der Waals surface area contributed by atoms with Crippen molar-refractivity contribution in [1.29, 1.82) is 0 Å². The summed E-state index contributed by atoms with van der Waals surface area (Å²) >= 11 is 0. The Morgan fingerprint density at radius 1 is 0.419 bits per heavy atom. The van der Waals surface area contributed by atoms with Crippen molar-refractivity contribution in [3.63, 3.8) is 0 Å². The minimum absolute atomic E-state index is 0.0105. The van der Waals surface area contributed by atoms with Crippen LogP contribution in [-0.4, -0.2) is 107 Å². The van der Waals surface area contributed by atoms with Crippen molar-refractivity contribution in [2.45, 2.75) is 44.4 Å². The van der Waals surface area contributed by atoms with Gasteiger partial charge in [0.15, 0.2) is 0 Å². The van der Waals surface area contributed by atoms with E-state index in [-0.39, 0.29) is 16.3 Å². The molecule has 0 unspecified atom stereocenters. The lowest BCUT2D eigenvalue weighted by atomic mass is 10.2. The number of ether oxygens (including phenoxy) is 4. The molecule has 0 bridgehead atoms. The maximum atomic E-state index is 13.7. The summed E-state index contributed by atoms with van der Waals surface area (Å²) in [6.45, 7) is 7.90. The summed E-state index contributed by atoms with van der Waals surface area (Å²) in [4.78, 5) is 45.8. The molecule has 0 aliphatic rings. The minimum Gasteiger partial charge on any atom is -0.497 e. The van der Waals surface area contributed by atoms with E-state index in [0.717, 1.165) is 35.9 Å². The van der Waals surface area contributed by atoms with Gasteiger partial charge in [0.1, 0.15) is 42.6 Å². The number of methoxy groups -OCH3 is 4. The Kier molecular flexibility index (Phi) is 22.8. The number of carbonyl (C=O) groups excluding carboxylic acids is 3. The van der Waals surface area contributed by atoms with Crippen LogP contribution in [0.2, 0.25) is 0 Å². The van der Waals surface area contributed by atoms with Crippen LogP contribution in [0.25, 0.3) is 0 Å². The fraction of sp³-hybridized carbons (Fsp3) is 0.210. The molecule has 2 aromatic heterocycles. The van der Waals surface area contributed by atoms with Crippen molar-refractivity contribution in [3.05, 3.63) is 204 Å². The van der Waals surface area contributed by atoms with Gasteiger partial charge in [-0.25, -0.2) is 25.3 Å². The fourth-order valence-corrected chi connectivity index (χ4v) is 12.1. The summed E-state index contributed by atoms with van der Waals surface area (Å²) in [5, 5.41) is 8.05. The van der Waals surface area contributed by atoms with Gasteiger partial charge in [-0.3, -0.25) is 37.3 Å². The fourth-order valence-electron chi connectivity index (χ4n) is 8.26. The quantitative estimate of drug-likeness (QED) is 0.0605. The predicted molar refractivity (Wildman–Crippen MR) is 334 cm³/mol. The number of pyridine rings is 2. The zero-order chi connectivity index (χ0) is 62.8. The van der Waals surface area contributed by atoms with Crippen molar-refractivity contribution in [1.82, 2.24) is 9.97 Å². The van der Waals surface area contributed by atoms with E-state index in [1.165, 1.54) is 65.1 Å². The molecule has 24 heteroatoms. The summed E-state index contributed by atoms with van der Waals surface area (Å²) in [5.74, 6) is 0.359. The molecular formula is C62H68N8O13S3. The lowest BCUT2D eigenvalue weighted by Crippen LogP contribution is -2.38. The molecule has 0 fully saturated rings. The number of carbonyl (C=O) groups is 3. The largest absolute Gasteiger partial charge is 0.497 e. The number of aromatic nitrogens is 2. The number of nitrogens with zero attached hydrogens (tertiary/aromatic N) is 5. The van der Waals surface area contributed by atoms with E-state index >= 15 is 0 Å². The van der Waals surface area contributed by atoms with Crippen molar-refractivity contribution in [3.8, 4) is 23.0 Å². The highest BCUT2D eigenvalue weighted by molar-refractivity contribution is 7.93. The van der Waals surface area contributed by atoms with Crippen LogP contribution in [-0.2, 0) is 44.5 Å². The first-order valence-electron chi connectivity index (χ1n) is 26.3. The van der Waals surface area contributed by atoms with Crippen molar-refractivity contribution in [2.75, 3.05) is 83.2 Å². The number of anilines is 6. The van der Waals surface area contributed by atoms with E-state index in [0.29, 0.717) is 68.2 Å². The number of hydrogen-bond acceptors (Lipinski definition) is 15. The Morgan fingerprint density at radius 3 is 1.30 bits per heavy atom. The van der Waals surface area contributed by atoms with Crippen molar-refractivity contribution >= 4 is 81.9 Å². The third-order valence-electron chi connectivity index (χ3n) is 12.8. The van der Waals surface area contributed by atoms with Gasteiger partial charge in [0.25, 0.3) is 20.0 Å². The van der Waals surface area contributed by atoms with Gasteiger partial charge in [-0.05, 0) is 136 Å². The molecule has 8 rings (SSSR count). The molecule has 3 N–H and O–H groups in total. The smallest absolute Gasteiger partial charge is 0.264 e. The Hall–Kier alpha value is -9.52. The van der Waals surface area contributed by atoms with Crippen LogP contribution in [0.4, 0.5) is 34.1 Å². The highest BCUT2D eigenvalue weighted by atomic mass is 32.2. The minimum atomic E-state index is -4.12. The molecule has 86 heavy (non-hydrogen) atoms. The summed E-state index contributed by atoms with van der Waals surface area (Å²) in [5.41, 5.74) is 6.56. The maximum Gasteiger partial charge on any atom is 0.264 e. The predicted octanol–water partition coefficient (Wildman–Crippen LogP) is 9.50. The lowest BCUT2D eigenvalue weighted by Gasteiger charge is -2.26. The third-order valence-corrected chi connectivity index (χ3v) is 17.4. The Labute approximate surface area is 502 Å². The first kappa shape index (κ1) is 65.6. The van der Waals surface area contributed by atoms with Gasteiger partial charge in [0, 0.05) is 36.3 Å². The highest BCUT2D eigenvalue weighted by Crippen LogP contribution is 2.35. The van der Waals surface area contributed by atoms with Crippen LogP contribution in [0.5, 0.6) is 23.0 Å². The van der Waals surface area contributed by atoms with Crippen molar-refractivity contribution in [2.24, 2.45) is 0 Å². The van der Waals surface area contributed by atoms with E-state index in [1.807, 2.05) is 32.9 Å². The number of amides is 3. The summed E-state index contributed by atoms with van der Waals surface area (Å²) in [6.07, 6.45) is 7.21. The number of aryl methyl sites for hydroxylation is 5. The topological polar surface area (TPSA) is 262 Å². The first-order valence-corrected chi connectivity index (χ1v) is 31.0. The molecule has 2 heterocycles. The van der Waals surface area contributed by atoms with E-state index < -0.39 is 60.9 Å². The lowest BCUT2D eigenvalue weighted by molar-refractivity contribution is -0.115. The number of hydrogen-bond donors (Lipinski definition) is 3. The first-order chi connectivity index (χ1) is 40.9.